The molecule has 0 aromatic heterocycles. The van der Waals surface area contributed by atoms with E-state index < -0.39 is 22.0 Å². The highest BCUT2D eigenvalue weighted by Gasteiger charge is 2.13. The van der Waals surface area contributed by atoms with Crippen LogP contribution in [0.1, 0.15) is 22.8 Å². The van der Waals surface area contributed by atoms with Crippen molar-refractivity contribution in [3.63, 3.8) is 0 Å². The lowest BCUT2D eigenvalue weighted by Gasteiger charge is -2.07. The molecule has 0 unspecified atom stereocenters. The van der Waals surface area contributed by atoms with Crippen LogP contribution in [0.2, 0.25) is 0 Å². The maximum atomic E-state index is 12.2. The van der Waals surface area contributed by atoms with Crippen molar-refractivity contribution in [3.05, 3.63) is 71.4 Å². The SMILES string of the molecule is CCOC(=O)c1ccc(CN/C=C(/C#N)C(=O)Nc2cccc(S(=O)(=O)O)c2)cc1. The van der Waals surface area contributed by atoms with Gasteiger partial charge in [0.05, 0.1) is 17.1 Å². The maximum Gasteiger partial charge on any atom is 0.338 e. The van der Waals surface area contributed by atoms with Gasteiger partial charge in [0.2, 0.25) is 0 Å². The fourth-order valence-electron chi connectivity index (χ4n) is 2.33. The van der Waals surface area contributed by atoms with Crippen molar-refractivity contribution in [3.8, 4) is 6.07 Å². The van der Waals surface area contributed by atoms with E-state index in [2.05, 4.69) is 10.6 Å². The molecule has 0 aliphatic heterocycles. The van der Waals surface area contributed by atoms with Crippen molar-refractivity contribution in [2.45, 2.75) is 18.4 Å². The average Bonchev–Trinajstić information content (AvgIpc) is 2.71. The van der Waals surface area contributed by atoms with E-state index in [9.17, 15) is 23.3 Å². The number of anilines is 1. The van der Waals surface area contributed by atoms with Gasteiger partial charge in [-0.25, -0.2) is 4.79 Å². The van der Waals surface area contributed by atoms with Crippen LogP contribution in [0.15, 0.2) is 65.2 Å². The molecule has 0 saturated heterocycles. The van der Waals surface area contributed by atoms with E-state index in [4.69, 9.17) is 9.29 Å². The van der Waals surface area contributed by atoms with Crippen molar-refractivity contribution in [2.24, 2.45) is 0 Å². The van der Waals surface area contributed by atoms with Crippen LogP contribution in [-0.4, -0.2) is 31.5 Å². The van der Waals surface area contributed by atoms with Crippen LogP contribution in [-0.2, 0) is 26.2 Å². The lowest BCUT2D eigenvalue weighted by Crippen LogP contribution is -2.17. The number of benzene rings is 2. The Balaban J connectivity index is 2.00. The Morgan fingerprint density at radius 1 is 1.20 bits per heavy atom. The predicted molar refractivity (Wildman–Crippen MR) is 108 cm³/mol. The summed E-state index contributed by atoms with van der Waals surface area (Å²) in [6, 6.07) is 13.4. The molecule has 1 amide bonds. The quantitative estimate of drug-likeness (QED) is 0.251. The predicted octanol–water partition coefficient (Wildman–Crippen LogP) is 2.25. The third-order valence-electron chi connectivity index (χ3n) is 3.77. The molecule has 0 fully saturated rings. The number of nitrogens with zero attached hydrogens (tertiary/aromatic N) is 1. The average molecular weight is 429 g/mol. The minimum Gasteiger partial charge on any atom is -0.462 e. The Hall–Kier alpha value is -3.68. The van der Waals surface area contributed by atoms with E-state index in [1.165, 1.54) is 24.4 Å². The molecule has 0 aliphatic carbocycles. The fraction of sp³-hybridized carbons (Fsp3) is 0.150. The summed E-state index contributed by atoms with van der Waals surface area (Å²) in [7, 11) is -4.42. The van der Waals surface area contributed by atoms with Crippen LogP contribution in [0.4, 0.5) is 5.69 Å². The first-order chi connectivity index (χ1) is 14.2. The molecule has 0 saturated carbocycles. The molecule has 0 atom stereocenters. The van der Waals surface area contributed by atoms with Crippen molar-refractivity contribution >= 4 is 27.7 Å². The molecule has 3 N–H and O–H groups in total. The summed E-state index contributed by atoms with van der Waals surface area (Å²) in [5.74, 6) is -1.17. The number of hydrogen-bond acceptors (Lipinski definition) is 7. The molecular formula is C20H19N3O6S. The Labute approximate surface area is 173 Å². The third-order valence-corrected chi connectivity index (χ3v) is 4.62. The van der Waals surface area contributed by atoms with Crippen LogP contribution >= 0.6 is 0 Å². The van der Waals surface area contributed by atoms with Crippen molar-refractivity contribution < 1.29 is 27.3 Å². The highest BCUT2D eigenvalue weighted by molar-refractivity contribution is 7.85. The third kappa shape index (κ3) is 6.44. The van der Waals surface area contributed by atoms with Gasteiger partial charge in [0.15, 0.2) is 0 Å². The van der Waals surface area contributed by atoms with Crippen LogP contribution < -0.4 is 10.6 Å². The van der Waals surface area contributed by atoms with Crippen molar-refractivity contribution in [1.82, 2.24) is 5.32 Å². The number of amides is 1. The zero-order valence-electron chi connectivity index (χ0n) is 16.0. The van der Waals surface area contributed by atoms with Gasteiger partial charge < -0.3 is 15.4 Å². The van der Waals surface area contributed by atoms with Gasteiger partial charge in [-0.05, 0) is 42.8 Å². The normalized spacial score (nSPS) is 11.3. The molecule has 30 heavy (non-hydrogen) atoms. The minimum atomic E-state index is -4.42. The molecule has 2 aromatic carbocycles. The Bertz CT molecular complexity index is 1100. The van der Waals surface area contributed by atoms with Gasteiger partial charge in [-0.3, -0.25) is 9.35 Å². The van der Waals surface area contributed by atoms with Gasteiger partial charge >= 0.3 is 5.97 Å². The monoisotopic (exact) mass is 429 g/mol. The van der Waals surface area contributed by atoms with E-state index in [0.717, 1.165) is 11.6 Å². The number of carbonyl (C=O) groups excluding carboxylic acids is 2. The van der Waals surface area contributed by atoms with Crippen molar-refractivity contribution in [1.29, 1.82) is 5.26 Å². The standard InChI is InChI=1S/C20H19N3O6S/c1-2-29-20(25)15-8-6-14(7-9-15)12-22-13-16(11-21)19(24)23-17-4-3-5-18(10-17)30(26,27)28/h3-10,13,22H,2,12H2,1H3,(H,23,24)(H,26,27,28)/b16-13-. The van der Waals surface area contributed by atoms with E-state index in [0.29, 0.717) is 12.1 Å². The summed E-state index contributed by atoms with van der Waals surface area (Å²) in [6.07, 6.45) is 1.22. The van der Waals surface area contributed by atoms with E-state index >= 15 is 0 Å². The van der Waals surface area contributed by atoms with Crippen LogP contribution in [0.3, 0.4) is 0 Å². The smallest absolute Gasteiger partial charge is 0.338 e. The van der Waals surface area contributed by atoms with Crippen LogP contribution in [0.25, 0.3) is 0 Å². The van der Waals surface area contributed by atoms with Crippen LogP contribution in [0, 0.1) is 11.3 Å². The molecule has 0 bridgehead atoms. The summed E-state index contributed by atoms with van der Waals surface area (Å²) < 4.78 is 36.3. The Kier molecular flexibility index (Phi) is 7.69. The topological polar surface area (TPSA) is 146 Å². The van der Waals surface area contributed by atoms with E-state index in [1.54, 1.807) is 37.3 Å². The van der Waals surface area contributed by atoms with Gasteiger partial charge in [-0.1, -0.05) is 18.2 Å². The number of ether oxygens (including phenoxy) is 1. The first kappa shape index (κ1) is 22.6. The number of nitriles is 1. The molecule has 156 valence electrons. The lowest BCUT2D eigenvalue weighted by atomic mass is 10.1. The highest BCUT2D eigenvalue weighted by Crippen LogP contribution is 2.15. The molecule has 10 heteroatoms. The second kappa shape index (κ2) is 10.2. The highest BCUT2D eigenvalue weighted by atomic mass is 32.2. The second-order valence-electron chi connectivity index (χ2n) is 5.93. The number of hydrogen-bond donors (Lipinski definition) is 3. The van der Waals surface area contributed by atoms with Gasteiger partial charge in [0.25, 0.3) is 16.0 Å². The van der Waals surface area contributed by atoms with Crippen molar-refractivity contribution in [2.75, 3.05) is 11.9 Å². The molecule has 0 radical (unpaired) electrons. The Morgan fingerprint density at radius 2 is 1.90 bits per heavy atom. The number of esters is 1. The number of carbonyl (C=O) groups is 2. The second-order valence-corrected chi connectivity index (χ2v) is 7.35. The zero-order chi connectivity index (χ0) is 22.1. The molecule has 9 nitrogen and oxygen atoms in total. The van der Waals surface area contributed by atoms with Gasteiger partial charge in [-0.15, -0.1) is 0 Å². The number of nitrogens with one attached hydrogen (secondary N) is 2. The van der Waals surface area contributed by atoms with Gasteiger partial charge in [0.1, 0.15) is 11.6 Å². The first-order valence-electron chi connectivity index (χ1n) is 8.73. The first-order valence-corrected chi connectivity index (χ1v) is 10.2. The zero-order valence-corrected chi connectivity index (χ0v) is 16.8. The molecular weight excluding hydrogens is 410 g/mol. The summed E-state index contributed by atoms with van der Waals surface area (Å²) >= 11 is 0. The van der Waals surface area contributed by atoms with Crippen LogP contribution in [0.5, 0.6) is 0 Å². The molecule has 0 heterocycles. The minimum absolute atomic E-state index is 0.103. The fourth-order valence-corrected chi connectivity index (χ4v) is 2.85. The van der Waals surface area contributed by atoms with Gasteiger partial charge in [0, 0.05) is 18.4 Å². The van der Waals surface area contributed by atoms with Gasteiger partial charge in [-0.2, -0.15) is 13.7 Å². The molecule has 0 aliphatic rings. The summed E-state index contributed by atoms with van der Waals surface area (Å²) in [5.41, 5.74) is 1.08. The largest absolute Gasteiger partial charge is 0.462 e. The van der Waals surface area contributed by atoms with E-state index in [-0.39, 0.29) is 22.8 Å². The molecule has 2 rings (SSSR count). The summed E-state index contributed by atoms with van der Waals surface area (Å²) in [6.45, 7) is 2.29. The summed E-state index contributed by atoms with van der Waals surface area (Å²) in [5, 5.41) is 14.4. The number of rotatable bonds is 8. The molecule has 2 aromatic rings. The Morgan fingerprint density at radius 3 is 2.50 bits per heavy atom. The summed E-state index contributed by atoms with van der Waals surface area (Å²) in [4.78, 5) is 23.5. The molecule has 0 spiro atoms. The van der Waals surface area contributed by atoms with E-state index in [1.807, 2.05) is 0 Å². The maximum absolute atomic E-state index is 12.2. The lowest BCUT2D eigenvalue weighted by molar-refractivity contribution is -0.112.